The SMILES string of the molecule is CC1CCN(C(=O)Cc2ccc(F)cc2)C1. The molecular weight excluding hydrogens is 205 g/mol. The molecule has 1 amide bonds. The smallest absolute Gasteiger partial charge is 0.226 e. The summed E-state index contributed by atoms with van der Waals surface area (Å²) in [4.78, 5) is 13.8. The molecule has 0 N–H and O–H groups in total. The molecule has 1 fully saturated rings. The van der Waals surface area contributed by atoms with Crippen molar-refractivity contribution in [3.8, 4) is 0 Å². The summed E-state index contributed by atoms with van der Waals surface area (Å²) < 4.78 is 12.7. The maximum absolute atomic E-state index is 12.7. The normalized spacial score (nSPS) is 20.1. The summed E-state index contributed by atoms with van der Waals surface area (Å²) >= 11 is 0. The Morgan fingerprint density at radius 2 is 2.12 bits per heavy atom. The number of amides is 1. The monoisotopic (exact) mass is 221 g/mol. The Kier molecular flexibility index (Phi) is 3.22. The van der Waals surface area contributed by atoms with Gasteiger partial charge in [-0.2, -0.15) is 0 Å². The highest BCUT2D eigenvalue weighted by Crippen LogP contribution is 2.16. The van der Waals surface area contributed by atoms with Crippen molar-refractivity contribution in [1.29, 1.82) is 0 Å². The van der Waals surface area contributed by atoms with Crippen LogP contribution in [0.3, 0.4) is 0 Å². The second-order valence-corrected chi connectivity index (χ2v) is 4.54. The van der Waals surface area contributed by atoms with Gasteiger partial charge >= 0.3 is 0 Å². The molecule has 1 aromatic rings. The van der Waals surface area contributed by atoms with E-state index in [-0.39, 0.29) is 11.7 Å². The number of rotatable bonds is 2. The van der Waals surface area contributed by atoms with E-state index in [4.69, 9.17) is 0 Å². The Balaban J connectivity index is 1.94. The molecule has 2 rings (SSSR count). The van der Waals surface area contributed by atoms with Crippen LogP contribution in [-0.2, 0) is 11.2 Å². The fraction of sp³-hybridized carbons (Fsp3) is 0.462. The molecule has 0 aliphatic carbocycles. The third kappa shape index (κ3) is 2.60. The number of hydrogen-bond donors (Lipinski definition) is 0. The van der Waals surface area contributed by atoms with Gasteiger partial charge in [-0.3, -0.25) is 4.79 Å². The van der Waals surface area contributed by atoms with Crippen LogP contribution < -0.4 is 0 Å². The zero-order chi connectivity index (χ0) is 11.5. The van der Waals surface area contributed by atoms with Crippen molar-refractivity contribution in [3.05, 3.63) is 35.6 Å². The van der Waals surface area contributed by atoms with Gasteiger partial charge in [-0.1, -0.05) is 19.1 Å². The molecule has 1 unspecified atom stereocenters. The summed E-state index contributed by atoms with van der Waals surface area (Å²) in [5, 5.41) is 0. The molecule has 1 aromatic carbocycles. The van der Waals surface area contributed by atoms with Crippen molar-refractivity contribution < 1.29 is 9.18 Å². The van der Waals surface area contributed by atoms with Gasteiger partial charge in [-0.15, -0.1) is 0 Å². The molecule has 16 heavy (non-hydrogen) atoms. The van der Waals surface area contributed by atoms with Crippen LogP contribution in [0.2, 0.25) is 0 Å². The highest BCUT2D eigenvalue weighted by atomic mass is 19.1. The van der Waals surface area contributed by atoms with Gasteiger partial charge in [0.2, 0.25) is 5.91 Å². The standard InChI is InChI=1S/C13H16FNO/c1-10-6-7-15(9-10)13(16)8-11-2-4-12(14)5-3-11/h2-5,10H,6-9H2,1H3. The van der Waals surface area contributed by atoms with Gasteiger partial charge in [-0.25, -0.2) is 4.39 Å². The maximum Gasteiger partial charge on any atom is 0.226 e. The highest BCUT2D eigenvalue weighted by molar-refractivity contribution is 5.79. The van der Waals surface area contributed by atoms with E-state index in [9.17, 15) is 9.18 Å². The summed E-state index contributed by atoms with van der Waals surface area (Å²) in [6.45, 7) is 3.88. The summed E-state index contributed by atoms with van der Waals surface area (Å²) in [6, 6.07) is 6.14. The molecule has 1 atom stereocenters. The molecule has 2 nitrogen and oxygen atoms in total. The highest BCUT2D eigenvalue weighted by Gasteiger charge is 2.22. The number of likely N-dealkylation sites (tertiary alicyclic amines) is 1. The largest absolute Gasteiger partial charge is 0.342 e. The fourth-order valence-corrected chi connectivity index (χ4v) is 2.05. The first-order valence-electron chi connectivity index (χ1n) is 5.67. The minimum atomic E-state index is -0.258. The van der Waals surface area contributed by atoms with Crippen LogP contribution in [0.1, 0.15) is 18.9 Å². The van der Waals surface area contributed by atoms with E-state index in [1.807, 2.05) is 4.90 Å². The number of nitrogens with zero attached hydrogens (tertiary/aromatic N) is 1. The second-order valence-electron chi connectivity index (χ2n) is 4.54. The Labute approximate surface area is 95.1 Å². The zero-order valence-electron chi connectivity index (χ0n) is 9.45. The number of halogens is 1. The van der Waals surface area contributed by atoms with E-state index >= 15 is 0 Å². The van der Waals surface area contributed by atoms with Crippen LogP contribution in [0.4, 0.5) is 4.39 Å². The van der Waals surface area contributed by atoms with Crippen molar-refractivity contribution in [2.75, 3.05) is 13.1 Å². The topological polar surface area (TPSA) is 20.3 Å². The fourth-order valence-electron chi connectivity index (χ4n) is 2.05. The van der Waals surface area contributed by atoms with E-state index in [1.165, 1.54) is 12.1 Å². The van der Waals surface area contributed by atoms with Gasteiger partial charge in [0, 0.05) is 13.1 Å². The molecule has 1 heterocycles. The lowest BCUT2D eigenvalue weighted by molar-refractivity contribution is -0.129. The third-order valence-corrected chi connectivity index (χ3v) is 3.05. The molecule has 1 aliphatic rings. The minimum absolute atomic E-state index is 0.149. The molecule has 1 saturated heterocycles. The first-order valence-corrected chi connectivity index (χ1v) is 5.67. The quantitative estimate of drug-likeness (QED) is 0.750. The first kappa shape index (κ1) is 11.1. The Morgan fingerprint density at radius 3 is 2.69 bits per heavy atom. The predicted molar refractivity (Wildman–Crippen MR) is 60.5 cm³/mol. The minimum Gasteiger partial charge on any atom is -0.342 e. The average Bonchev–Trinajstić information content (AvgIpc) is 2.68. The van der Waals surface area contributed by atoms with Gasteiger partial charge in [0.15, 0.2) is 0 Å². The van der Waals surface area contributed by atoms with Gasteiger partial charge < -0.3 is 4.90 Å². The molecule has 1 aliphatic heterocycles. The van der Waals surface area contributed by atoms with Crippen LogP contribution in [0.5, 0.6) is 0 Å². The lowest BCUT2D eigenvalue weighted by Gasteiger charge is -2.15. The van der Waals surface area contributed by atoms with E-state index in [0.717, 1.165) is 25.1 Å². The lowest BCUT2D eigenvalue weighted by Crippen LogP contribution is -2.29. The Hall–Kier alpha value is -1.38. The van der Waals surface area contributed by atoms with Crippen LogP contribution >= 0.6 is 0 Å². The van der Waals surface area contributed by atoms with E-state index in [0.29, 0.717) is 12.3 Å². The molecule has 0 spiro atoms. The molecule has 0 saturated carbocycles. The predicted octanol–water partition coefficient (Wildman–Crippen LogP) is 2.24. The Bertz CT molecular complexity index is 374. The molecule has 0 aromatic heterocycles. The van der Waals surface area contributed by atoms with Crippen LogP contribution in [0, 0.1) is 11.7 Å². The van der Waals surface area contributed by atoms with Crippen molar-refractivity contribution in [1.82, 2.24) is 4.90 Å². The lowest BCUT2D eigenvalue weighted by atomic mass is 10.1. The van der Waals surface area contributed by atoms with Crippen LogP contribution in [-0.4, -0.2) is 23.9 Å². The van der Waals surface area contributed by atoms with Gasteiger partial charge in [0.1, 0.15) is 5.82 Å². The molecule has 0 bridgehead atoms. The van der Waals surface area contributed by atoms with Crippen molar-refractivity contribution in [2.45, 2.75) is 19.8 Å². The van der Waals surface area contributed by atoms with E-state index in [1.54, 1.807) is 12.1 Å². The maximum atomic E-state index is 12.7. The molecular formula is C13H16FNO. The van der Waals surface area contributed by atoms with Crippen molar-refractivity contribution >= 4 is 5.91 Å². The second kappa shape index (κ2) is 4.64. The number of benzene rings is 1. The Morgan fingerprint density at radius 1 is 1.44 bits per heavy atom. The summed E-state index contributed by atoms with van der Waals surface area (Å²) in [6.07, 6.45) is 1.47. The van der Waals surface area contributed by atoms with Crippen LogP contribution in [0.25, 0.3) is 0 Å². The van der Waals surface area contributed by atoms with Gasteiger partial charge in [0.25, 0.3) is 0 Å². The van der Waals surface area contributed by atoms with Crippen molar-refractivity contribution in [2.24, 2.45) is 5.92 Å². The molecule has 86 valence electrons. The van der Waals surface area contributed by atoms with Crippen LogP contribution in [0.15, 0.2) is 24.3 Å². The molecule has 0 radical (unpaired) electrons. The van der Waals surface area contributed by atoms with Crippen molar-refractivity contribution in [3.63, 3.8) is 0 Å². The number of carbonyl (C=O) groups excluding carboxylic acids is 1. The zero-order valence-corrected chi connectivity index (χ0v) is 9.45. The third-order valence-electron chi connectivity index (χ3n) is 3.05. The van der Waals surface area contributed by atoms with Gasteiger partial charge in [0.05, 0.1) is 6.42 Å². The average molecular weight is 221 g/mol. The summed E-state index contributed by atoms with van der Waals surface area (Å²) in [5.74, 6) is 0.499. The number of hydrogen-bond acceptors (Lipinski definition) is 1. The summed E-state index contributed by atoms with van der Waals surface area (Å²) in [7, 11) is 0. The number of carbonyl (C=O) groups is 1. The first-order chi connectivity index (χ1) is 7.65. The summed E-state index contributed by atoms with van der Waals surface area (Å²) in [5.41, 5.74) is 0.881. The van der Waals surface area contributed by atoms with E-state index < -0.39 is 0 Å². The van der Waals surface area contributed by atoms with E-state index in [2.05, 4.69) is 6.92 Å². The van der Waals surface area contributed by atoms with Gasteiger partial charge in [-0.05, 0) is 30.0 Å². The molecule has 3 heteroatoms.